The van der Waals surface area contributed by atoms with Crippen LogP contribution in [0.25, 0.3) is 0 Å². The van der Waals surface area contributed by atoms with E-state index in [1.54, 1.807) is 23.9 Å². The van der Waals surface area contributed by atoms with Gasteiger partial charge in [-0.25, -0.2) is 9.78 Å². The molecule has 1 N–H and O–H groups in total. The maximum absolute atomic E-state index is 10.7. The zero-order chi connectivity index (χ0) is 13.0. The number of carboxylic acid groups (broad SMARTS) is 1. The van der Waals surface area contributed by atoms with Gasteiger partial charge < -0.3 is 5.11 Å². The van der Waals surface area contributed by atoms with E-state index < -0.39 is 5.97 Å². The fourth-order valence-corrected chi connectivity index (χ4v) is 2.21. The highest BCUT2D eigenvalue weighted by molar-refractivity contribution is 7.98. The van der Waals surface area contributed by atoms with Crippen LogP contribution in [-0.4, -0.2) is 21.0 Å². The minimum absolute atomic E-state index is 0.205. The number of aromatic nitrogens is 2. The number of hydrogen-bond donors (Lipinski definition) is 1. The van der Waals surface area contributed by atoms with Gasteiger partial charge in [0.25, 0.3) is 0 Å². The Morgan fingerprint density at radius 1 is 1.33 bits per heavy atom. The molecule has 5 heteroatoms. The molecule has 2 heterocycles. The van der Waals surface area contributed by atoms with E-state index in [4.69, 9.17) is 5.11 Å². The number of aromatic carboxylic acids is 1. The first-order valence-corrected chi connectivity index (χ1v) is 6.36. The Hall–Kier alpha value is -1.88. The van der Waals surface area contributed by atoms with Crippen molar-refractivity contribution >= 4 is 17.7 Å². The van der Waals surface area contributed by atoms with Crippen molar-refractivity contribution in [2.75, 3.05) is 0 Å². The van der Waals surface area contributed by atoms with Gasteiger partial charge in [0, 0.05) is 24.3 Å². The van der Waals surface area contributed by atoms with Crippen molar-refractivity contribution in [3.63, 3.8) is 0 Å². The fourth-order valence-electron chi connectivity index (χ4n) is 1.45. The van der Waals surface area contributed by atoms with Crippen LogP contribution in [0.3, 0.4) is 0 Å². The lowest BCUT2D eigenvalue weighted by Crippen LogP contribution is -1.96. The Kier molecular flexibility index (Phi) is 3.94. The number of pyridine rings is 2. The van der Waals surface area contributed by atoms with Crippen LogP contribution in [0.5, 0.6) is 0 Å². The quantitative estimate of drug-likeness (QED) is 0.856. The van der Waals surface area contributed by atoms with Crippen LogP contribution < -0.4 is 0 Å². The van der Waals surface area contributed by atoms with Gasteiger partial charge in [-0.1, -0.05) is 6.07 Å². The molecule has 0 radical (unpaired) electrons. The van der Waals surface area contributed by atoms with Crippen LogP contribution in [0.15, 0.2) is 41.8 Å². The molecule has 0 fully saturated rings. The summed E-state index contributed by atoms with van der Waals surface area (Å²) in [5, 5.41) is 9.57. The summed E-state index contributed by atoms with van der Waals surface area (Å²) >= 11 is 1.56. The van der Waals surface area contributed by atoms with E-state index >= 15 is 0 Å². The Morgan fingerprint density at radius 3 is 2.78 bits per heavy atom. The number of carboxylic acids is 1. The molecule has 92 valence electrons. The standard InChI is InChI=1S/C13H12N2O2S/c1-9-4-10(6-14-5-9)8-18-12-3-2-11(7-15-12)13(16)17/h2-7H,8H2,1H3,(H,16,17). The molecule has 0 spiro atoms. The Morgan fingerprint density at radius 2 is 2.17 bits per heavy atom. The largest absolute Gasteiger partial charge is 0.478 e. The van der Waals surface area contributed by atoms with E-state index in [1.165, 1.54) is 6.20 Å². The molecule has 2 rings (SSSR count). The summed E-state index contributed by atoms with van der Waals surface area (Å²) < 4.78 is 0. The lowest BCUT2D eigenvalue weighted by Gasteiger charge is -2.02. The van der Waals surface area contributed by atoms with Crippen LogP contribution in [0.4, 0.5) is 0 Å². The van der Waals surface area contributed by atoms with Crippen molar-refractivity contribution in [2.45, 2.75) is 17.7 Å². The molecule has 2 aromatic heterocycles. The minimum atomic E-state index is -0.957. The van der Waals surface area contributed by atoms with E-state index in [1.807, 2.05) is 19.3 Å². The molecular formula is C13H12N2O2S. The van der Waals surface area contributed by atoms with Gasteiger partial charge in [0.2, 0.25) is 0 Å². The smallest absolute Gasteiger partial charge is 0.337 e. The molecule has 0 amide bonds. The van der Waals surface area contributed by atoms with E-state index in [0.29, 0.717) is 0 Å². The highest BCUT2D eigenvalue weighted by Crippen LogP contribution is 2.20. The molecule has 0 aliphatic rings. The highest BCUT2D eigenvalue weighted by atomic mass is 32.2. The van der Waals surface area contributed by atoms with Gasteiger partial charge in [0.15, 0.2) is 0 Å². The van der Waals surface area contributed by atoms with Crippen molar-refractivity contribution in [3.05, 3.63) is 53.5 Å². The average Bonchev–Trinajstić information content (AvgIpc) is 2.37. The summed E-state index contributed by atoms with van der Waals surface area (Å²) in [4.78, 5) is 18.9. The first-order chi connectivity index (χ1) is 8.65. The van der Waals surface area contributed by atoms with Gasteiger partial charge >= 0.3 is 5.97 Å². The molecule has 4 nitrogen and oxygen atoms in total. The van der Waals surface area contributed by atoms with Crippen LogP contribution in [0.2, 0.25) is 0 Å². The zero-order valence-electron chi connectivity index (χ0n) is 9.83. The maximum Gasteiger partial charge on any atom is 0.337 e. The third kappa shape index (κ3) is 3.30. The van der Waals surface area contributed by atoms with E-state index in [2.05, 4.69) is 16.0 Å². The summed E-state index contributed by atoms with van der Waals surface area (Å²) in [6, 6.07) is 5.36. The van der Waals surface area contributed by atoms with Crippen LogP contribution in [0, 0.1) is 6.92 Å². The Balaban J connectivity index is 2.00. The normalized spacial score (nSPS) is 10.3. The summed E-state index contributed by atoms with van der Waals surface area (Å²) in [6.45, 7) is 2.00. The molecular weight excluding hydrogens is 248 g/mol. The monoisotopic (exact) mass is 260 g/mol. The van der Waals surface area contributed by atoms with Crippen molar-refractivity contribution in [1.29, 1.82) is 0 Å². The van der Waals surface area contributed by atoms with Gasteiger partial charge in [-0.2, -0.15) is 0 Å². The second kappa shape index (κ2) is 5.64. The summed E-state index contributed by atoms with van der Waals surface area (Å²) in [7, 11) is 0. The number of rotatable bonds is 4. The molecule has 0 saturated heterocycles. The summed E-state index contributed by atoms with van der Waals surface area (Å²) in [5.74, 6) is -0.185. The van der Waals surface area contributed by atoms with Gasteiger partial charge in [-0.3, -0.25) is 4.98 Å². The third-order valence-corrected chi connectivity index (χ3v) is 3.32. The lowest BCUT2D eigenvalue weighted by atomic mass is 10.2. The number of aryl methyl sites for hydroxylation is 1. The summed E-state index contributed by atoms with van der Waals surface area (Å²) in [6.07, 6.45) is 5.01. The van der Waals surface area contributed by atoms with Gasteiger partial charge in [0.1, 0.15) is 0 Å². The number of carbonyl (C=O) groups is 1. The molecule has 2 aromatic rings. The predicted octanol–water partition coefficient (Wildman–Crippen LogP) is 2.78. The first kappa shape index (κ1) is 12.6. The fraction of sp³-hybridized carbons (Fsp3) is 0.154. The van der Waals surface area contributed by atoms with Crippen molar-refractivity contribution < 1.29 is 9.90 Å². The molecule has 0 bridgehead atoms. The van der Waals surface area contributed by atoms with Crippen LogP contribution in [-0.2, 0) is 5.75 Å². The molecule has 0 aliphatic heterocycles. The Bertz CT molecular complexity index is 555. The second-order valence-corrected chi connectivity index (χ2v) is 4.85. The highest BCUT2D eigenvalue weighted by Gasteiger charge is 2.03. The lowest BCUT2D eigenvalue weighted by molar-refractivity contribution is 0.0696. The van der Waals surface area contributed by atoms with Crippen molar-refractivity contribution in [3.8, 4) is 0 Å². The molecule has 0 saturated carbocycles. The minimum Gasteiger partial charge on any atom is -0.478 e. The number of hydrogen-bond acceptors (Lipinski definition) is 4. The van der Waals surface area contributed by atoms with Gasteiger partial charge in [-0.15, -0.1) is 11.8 Å². The zero-order valence-corrected chi connectivity index (χ0v) is 10.6. The van der Waals surface area contributed by atoms with E-state index in [0.717, 1.165) is 21.9 Å². The van der Waals surface area contributed by atoms with Gasteiger partial charge in [0.05, 0.1) is 10.6 Å². The number of nitrogens with zero attached hydrogens (tertiary/aromatic N) is 2. The van der Waals surface area contributed by atoms with Crippen molar-refractivity contribution in [2.24, 2.45) is 0 Å². The molecule has 0 aliphatic carbocycles. The topological polar surface area (TPSA) is 63.1 Å². The SMILES string of the molecule is Cc1cncc(CSc2ccc(C(=O)O)cn2)c1. The van der Waals surface area contributed by atoms with E-state index in [9.17, 15) is 4.79 Å². The van der Waals surface area contributed by atoms with Crippen LogP contribution in [0.1, 0.15) is 21.5 Å². The van der Waals surface area contributed by atoms with E-state index in [-0.39, 0.29) is 5.56 Å². The average molecular weight is 260 g/mol. The maximum atomic E-state index is 10.7. The molecule has 0 aromatic carbocycles. The second-order valence-electron chi connectivity index (χ2n) is 3.85. The van der Waals surface area contributed by atoms with Crippen molar-refractivity contribution in [1.82, 2.24) is 9.97 Å². The summed E-state index contributed by atoms with van der Waals surface area (Å²) in [5.41, 5.74) is 2.46. The third-order valence-electron chi connectivity index (χ3n) is 2.30. The molecule has 0 atom stereocenters. The molecule has 0 unspecified atom stereocenters. The predicted molar refractivity (Wildman–Crippen MR) is 69.7 cm³/mol. The number of thioether (sulfide) groups is 1. The van der Waals surface area contributed by atoms with Gasteiger partial charge in [-0.05, 0) is 30.2 Å². The van der Waals surface area contributed by atoms with Crippen LogP contribution >= 0.6 is 11.8 Å². The first-order valence-electron chi connectivity index (χ1n) is 5.38. The molecule has 18 heavy (non-hydrogen) atoms. The Labute approximate surface area is 109 Å².